The van der Waals surface area contributed by atoms with E-state index in [0.717, 1.165) is 29.1 Å². The van der Waals surface area contributed by atoms with Gasteiger partial charge < -0.3 is 5.32 Å². The number of sulfonamides is 2. The molecular weight excluding hydrogens is 486 g/mol. The Kier molecular flexibility index (Phi) is 6.12. The summed E-state index contributed by atoms with van der Waals surface area (Å²) < 4.78 is 54.9. The summed E-state index contributed by atoms with van der Waals surface area (Å²) in [7, 11) is -7.51. The highest BCUT2D eigenvalue weighted by Crippen LogP contribution is 2.42. The minimum Gasteiger partial charge on any atom is -0.325 e. The minimum absolute atomic E-state index is 0.152. The van der Waals surface area contributed by atoms with Gasteiger partial charge in [-0.15, -0.1) is 0 Å². The summed E-state index contributed by atoms with van der Waals surface area (Å²) in [5, 5.41) is 2.69. The molecule has 10 heteroatoms. The molecule has 0 unspecified atom stereocenters. The molecule has 3 aromatic carbocycles. The fourth-order valence-corrected chi connectivity index (χ4v) is 7.71. The molecule has 1 fully saturated rings. The van der Waals surface area contributed by atoms with Crippen LogP contribution in [0.4, 0.5) is 11.4 Å². The van der Waals surface area contributed by atoms with Gasteiger partial charge in [-0.3, -0.25) is 9.10 Å². The number of carbonyl (C=O) groups excluding carboxylic acids is 1. The molecule has 0 atom stereocenters. The Labute approximate surface area is 205 Å². The summed E-state index contributed by atoms with van der Waals surface area (Å²) in [4.78, 5) is 13.2. The van der Waals surface area contributed by atoms with Crippen molar-refractivity contribution in [3.8, 4) is 11.1 Å². The molecule has 1 saturated heterocycles. The largest absolute Gasteiger partial charge is 0.325 e. The molecular formula is C25H25N3O5S2. The van der Waals surface area contributed by atoms with Gasteiger partial charge in [-0.1, -0.05) is 42.8 Å². The third kappa shape index (κ3) is 4.33. The first-order valence-corrected chi connectivity index (χ1v) is 14.3. The van der Waals surface area contributed by atoms with Crippen LogP contribution in [0.1, 0.15) is 19.3 Å². The second-order valence-corrected chi connectivity index (χ2v) is 12.3. The molecule has 0 radical (unpaired) electrons. The van der Waals surface area contributed by atoms with Gasteiger partial charge >= 0.3 is 0 Å². The normalized spacial score (nSPS) is 17.3. The van der Waals surface area contributed by atoms with E-state index in [1.54, 1.807) is 30.3 Å². The molecule has 182 valence electrons. The summed E-state index contributed by atoms with van der Waals surface area (Å²) in [6.07, 6.45) is 2.72. The standard InChI is InChI=1S/C25H25N3O5S2/c29-25(26-19-12-14-20(15-13-19)34(30,31)27-16-6-1-7-17-27)18-28-23-10-4-2-8-21(23)22-9-3-5-11-24(22)35(28,32)33/h2-5,8-15H,1,6-7,16-18H2,(H,26,29). The van der Waals surface area contributed by atoms with Crippen molar-refractivity contribution in [2.24, 2.45) is 0 Å². The number of hydrogen-bond acceptors (Lipinski definition) is 5. The van der Waals surface area contributed by atoms with E-state index >= 15 is 0 Å². The van der Waals surface area contributed by atoms with Crippen molar-refractivity contribution in [2.75, 3.05) is 29.3 Å². The maximum Gasteiger partial charge on any atom is 0.265 e. The molecule has 2 heterocycles. The monoisotopic (exact) mass is 511 g/mol. The Morgan fingerprint density at radius 3 is 2.17 bits per heavy atom. The van der Waals surface area contributed by atoms with Crippen LogP contribution in [0.15, 0.2) is 82.6 Å². The highest BCUT2D eigenvalue weighted by molar-refractivity contribution is 7.93. The zero-order chi connectivity index (χ0) is 24.6. The van der Waals surface area contributed by atoms with E-state index < -0.39 is 32.5 Å². The lowest BCUT2D eigenvalue weighted by Gasteiger charge is -2.31. The molecule has 0 aliphatic carbocycles. The van der Waals surface area contributed by atoms with E-state index in [1.165, 1.54) is 34.6 Å². The summed E-state index contributed by atoms with van der Waals surface area (Å²) >= 11 is 0. The highest BCUT2D eigenvalue weighted by atomic mass is 32.2. The summed E-state index contributed by atoms with van der Waals surface area (Å²) in [6.45, 7) is 0.604. The number of fused-ring (bicyclic) bond motifs is 3. The lowest BCUT2D eigenvalue weighted by molar-refractivity contribution is -0.114. The second kappa shape index (κ2) is 9.10. The number of rotatable bonds is 5. The maximum atomic E-state index is 13.3. The van der Waals surface area contributed by atoms with Gasteiger partial charge in [-0.05, 0) is 49.2 Å². The van der Waals surface area contributed by atoms with Crippen LogP contribution >= 0.6 is 0 Å². The van der Waals surface area contributed by atoms with E-state index in [4.69, 9.17) is 0 Å². The highest BCUT2D eigenvalue weighted by Gasteiger charge is 2.35. The number of hydrogen-bond donors (Lipinski definition) is 1. The van der Waals surface area contributed by atoms with Crippen molar-refractivity contribution in [3.05, 3.63) is 72.8 Å². The lowest BCUT2D eigenvalue weighted by Crippen LogP contribution is -2.40. The SMILES string of the molecule is O=C(CN1c2ccccc2-c2ccccc2S1(=O)=O)Nc1ccc(S(=O)(=O)N2CCCCC2)cc1. The van der Waals surface area contributed by atoms with Crippen LogP contribution in [-0.4, -0.2) is 46.7 Å². The number of nitrogens with zero attached hydrogens (tertiary/aromatic N) is 2. The van der Waals surface area contributed by atoms with Gasteiger partial charge in [0.25, 0.3) is 10.0 Å². The average molecular weight is 512 g/mol. The van der Waals surface area contributed by atoms with Crippen LogP contribution < -0.4 is 9.62 Å². The van der Waals surface area contributed by atoms with Crippen molar-refractivity contribution in [1.82, 2.24) is 4.31 Å². The number of amides is 1. The van der Waals surface area contributed by atoms with Crippen LogP contribution in [0.3, 0.4) is 0 Å². The predicted molar refractivity (Wildman–Crippen MR) is 134 cm³/mol. The van der Waals surface area contributed by atoms with Gasteiger partial charge in [0.2, 0.25) is 15.9 Å². The molecule has 0 spiro atoms. The van der Waals surface area contributed by atoms with Crippen LogP contribution in [0, 0.1) is 0 Å². The van der Waals surface area contributed by atoms with E-state index in [-0.39, 0.29) is 9.79 Å². The first-order valence-electron chi connectivity index (χ1n) is 11.4. The Hall–Kier alpha value is -3.21. The molecule has 3 aromatic rings. The summed E-state index contributed by atoms with van der Waals surface area (Å²) in [5.74, 6) is -0.533. The number of carbonyl (C=O) groups is 1. The van der Waals surface area contributed by atoms with Crippen molar-refractivity contribution in [2.45, 2.75) is 29.1 Å². The van der Waals surface area contributed by atoms with Crippen molar-refractivity contribution < 1.29 is 21.6 Å². The van der Waals surface area contributed by atoms with Crippen LogP contribution in [-0.2, 0) is 24.8 Å². The molecule has 0 bridgehead atoms. The van der Waals surface area contributed by atoms with Crippen molar-refractivity contribution in [3.63, 3.8) is 0 Å². The Bertz CT molecular complexity index is 1480. The third-order valence-electron chi connectivity index (χ3n) is 6.30. The average Bonchev–Trinajstić information content (AvgIpc) is 2.87. The number of anilines is 2. The zero-order valence-electron chi connectivity index (χ0n) is 18.9. The fourth-order valence-electron chi connectivity index (χ4n) is 4.55. The fraction of sp³-hybridized carbons (Fsp3) is 0.240. The minimum atomic E-state index is -3.93. The van der Waals surface area contributed by atoms with E-state index in [1.807, 2.05) is 12.1 Å². The Balaban J connectivity index is 1.35. The first kappa shape index (κ1) is 23.5. The van der Waals surface area contributed by atoms with Crippen molar-refractivity contribution in [1.29, 1.82) is 0 Å². The zero-order valence-corrected chi connectivity index (χ0v) is 20.6. The molecule has 1 amide bonds. The molecule has 8 nitrogen and oxygen atoms in total. The van der Waals surface area contributed by atoms with Gasteiger partial charge in [0, 0.05) is 29.9 Å². The smallest absolute Gasteiger partial charge is 0.265 e. The third-order valence-corrected chi connectivity index (χ3v) is 10.0. The van der Waals surface area contributed by atoms with Gasteiger partial charge in [0.15, 0.2) is 0 Å². The Morgan fingerprint density at radius 2 is 1.46 bits per heavy atom. The molecule has 0 saturated carbocycles. The van der Waals surface area contributed by atoms with E-state index in [9.17, 15) is 21.6 Å². The topological polar surface area (TPSA) is 104 Å². The van der Waals surface area contributed by atoms with Gasteiger partial charge in [-0.25, -0.2) is 16.8 Å². The molecule has 0 aromatic heterocycles. The summed E-state index contributed by atoms with van der Waals surface area (Å²) in [6, 6.07) is 19.7. The number of piperidine rings is 1. The van der Waals surface area contributed by atoms with Gasteiger partial charge in [-0.2, -0.15) is 4.31 Å². The quantitative estimate of drug-likeness (QED) is 0.563. The van der Waals surface area contributed by atoms with Gasteiger partial charge in [0.1, 0.15) is 6.54 Å². The predicted octanol–water partition coefficient (Wildman–Crippen LogP) is 3.68. The van der Waals surface area contributed by atoms with Crippen LogP contribution in [0.5, 0.6) is 0 Å². The number of benzene rings is 3. The Morgan fingerprint density at radius 1 is 0.829 bits per heavy atom. The first-order chi connectivity index (χ1) is 16.8. The molecule has 35 heavy (non-hydrogen) atoms. The van der Waals surface area contributed by atoms with Gasteiger partial charge in [0.05, 0.1) is 15.5 Å². The van der Waals surface area contributed by atoms with Crippen LogP contribution in [0.25, 0.3) is 11.1 Å². The lowest BCUT2D eigenvalue weighted by atomic mass is 10.0. The van der Waals surface area contributed by atoms with Crippen molar-refractivity contribution >= 4 is 37.3 Å². The molecule has 5 rings (SSSR count). The second-order valence-electron chi connectivity index (χ2n) is 8.56. The number of para-hydroxylation sites is 1. The number of nitrogens with one attached hydrogen (secondary N) is 1. The molecule has 2 aliphatic rings. The van der Waals surface area contributed by atoms with E-state index in [0.29, 0.717) is 30.0 Å². The molecule has 2 aliphatic heterocycles. The molecule has 1 N–H and O–H groups in total. The van der Waals surface area contributed by atoms with E-state index in [2.05, 4.69) is 5.32 Å². The maximum absolute atomic E-state index is 13.3. The van der Waals surface area contributed by atoms with Crippen LogP contribution in [0.2, 0.25) is 0 Å². The summed E-state index contributed by atoms with van der Waals surface area (Å²) in [5.41, 5.74) is 2.16.